The van der Waals surface area contributed by atoms with E-state index in [0.717, 1.165) is 12.8 Å². The number of hydrogen-bond donors (Lipinski definition) is 0. The van der Waals surface area contributed by atoms with Gasteiger partial charge in [-0.1, -0.05) is 12.1 Å². The Kier molecular flexibility index (Phi) is 4.91. The molecule has 0 spiro atoms. The summed E-state index contributed by atoms with van der Waals surface area (Å²) < 4.78 is 10.7. The third-order valence-corrected chi connectivity index (χ3v) is 3.63. The number of rotatable bonds is 4. The molecule has 1 amide bonds. The summed E-state index contributed by atoms with van der Waals surface area (Å²) in [5, 5.41) is 0.194. The smallest absolute Gasteiger partial charge is 0.260 e. The normalized spacial score (nSPS) is 16.2. The largest absolute Gasteiger partial charge is 0.493 e. The van der Waals surface area contributed by atoms with Crippen molar-refractivity contribution in [2.24, 2.45) is 0 Å². The molecule has 0 saturated carbocycles. The monoisotopic (exact) mass is 283 g/mol. The molecule has 1 aliphatic heterocycles. The molecule has 0 aromatic heterocycles. The third kappa shape index (κ3) is 3.77. The Morgan fingerprint density at radius 3 is 2.58 bits per heavy atom. The van der Waals surface area contributed by atoms with E-state index in [2.05, 4.69) is 0 Å². The summed E-state index contributed by atoms with van der Waals surface area (Å²) in [5.41, 5.74) is 0. The van der Waals surface area contributed by atoms with Crippen molar-refractivity contribution in [1.29, 1.82) is 0 Å². The molecule has 2 rings (SSSR count). The van der Waals surface area contributed by atoms with E-state index in [1.54, 1.807) is 24.1 Å². The van der Waals surface area contributed by atoms with E-state index < -0.39 is 0 Å². The lowest BCUT2D eigenvalue weighted by Crippen LogP contribution is -2.41. The van der Waals surface area contributed by atoms with Crippen molar-refractivity contribution in [3.05, 3.63) is 24.3 Å². The van der Waals surface area contributed by atoms with Gasteiger partial charge in [-0.05, 0) is 25.0 Å². The standard InChI is InChI=1S/C14H18ClNO3/c1-18-12-4-2-3-5-13(12)19-10-14(17)16-8-6-11(15)7-9-16/h2-5,11H,6-10H2,1H3. The Hall–Kier alpha value is -1.42. The van der Waals surface area contributed by atoms with Crippen molar-refractivity contribution in [2.45, 2.75) is 18.2 Å². The minimum absolute atomic E-state index is 0.00512. The van der Waals surface area contributed by atoms with Gasteiger partial charge in [0.1, 0.15) is 0 Å². The van der Waals surface area contributed by atoms with Gasteiger partial charge in [0.2, 0.25) is 0 Å². The fourth-order valence-corrected chi connectivity index (χ4v) is 2.26. The molecular formula is C14H18ClNO3. The maximum atomic E-state index is 12.0. The van der Waals surface area contributed by atoms with Crippen molar-refractivity contribution in [3.8, 4) is 11.5 Å². The van der Waals surface area contributed by atoms with Crippen LogP contribution in [0.4, 0.5) is 0 Å². The zero-order valence-electron chi connectivity index (χ0n) is 11.0. The number of carbonyl (C=O) groups excluding carboxylic acids is 1. The fourth-order valence-electron chi connectivity index (χ4n) is 2.07. The molecule has 0 N–H and O–H groups in total. The molecule has 0 aliphatic carbocycles. The minimum Gasteiger partial charge on any atom is -0.493 e. The molecule has 0 atom stereocenters. The van der Waals surface area contributed by atoms with E-state index in [9.17, 15) is 4.79 Å². The highest BCUT2D eigenvalue weighted by Gasteiger charge is 2.21. The number of carbonyl (C=O) groups is 1. The van der Waals surface area contributed by atoms with Crippen molar-refractivity contribution >= 4 is 17.5 Å². The highest BCUT2D eigenvalue weighted by atomic mass is 35.5. The molecule has 104 valence electrons. The van der Waals surface area contributed by atoms with E-state index in [1.807, 2.05) is 12.1 Å². The summed E-state index contributed by atoms with van der Waals surface area (Å²) in [7, 11) is 1.58. The van der Waals surface area contributed by atoms with Gasteiger partial charge in [0.05, 0.1) is 7.11 Å². The first-order chi connectivity index (χ1) is 9.20. The molecule has 1 heterocycles. The van der Waals surface area contributed by atoms with E-state index >= 15 is 0 Å². The van der Waals surface area contributed by atoms with Gasteiger partial charge in [0, 0.05) is 18.5 Å². The summed E-state index contributed by atoms with van der Waals surface area (Å²) in [5.74, 6) is 1.22. The molecule has 5 heteroatoms. The molecule has 1 saturated heterocycles. The van der Waals surface area contributed by atoms with Gasteiger partial charge in [-0.2, -0.15) is 0 Å². The van der Waals surface area contributed by atoms with Crippen molar-refractivity contribution < 1.29 is 14.3 Å². The lowest BCUT2D eigenvalue weighted by molar-refractivity contribution is -0.134. The highest BCUT2D eigenvalue weighted by Crippen LogP contribution is 2.25. The Balaban J connectivity index is 1.86. The SMILES string of the molecule is COc1ccccc1OCC(=O)N1CCC(Cl)CC1. The number of ether oxygens (including phenoxy) is 2. The van der Waals surface area contributed by atoms with Crippen LogP contribution >= 0.6 is 11.6 Å². The van der Waals surface area contributed by atoms with Crippen LogP contribution in [0.5, 0.6) is 11.5 Å². The van der Waals surface area contributed by atoms with E-state index in [1.165, 1.54) is 0 Å². The first kappa shape index (κ1) is 14.0. The molecule has 4 nitrogen and oxygen atoms in total. The third-order valence-electron chi connectivity index (χ3n) is 3.20. The summed E-state index contributed by atoms with van der Waals surface area (Å²) in [4.78, 5) is 13.8. The first-order valence-corrected chi connectivity index (χ1v) is 6.82. The summed E-state index contributed by atoms with van der Waals surface area (Å²) >= 11 is 6.01. The quantitative estimate of drug-likeness (QED) is 0.796. The number of halogens is 1. The lowest BCUT2D eigenvalue weighted by atomic mass is 10.1. The first-order valence-electron chi connectivity index (χ1n) is 6.38. The molecule has 1 fully saturated rings. The summed E-state index contributed by atoms with van der Waals surface area (Å²) in [6.45, 7) is 1.46. The molecular weight excluding hydrogens is 266 g/mol. The van der Waals surface area contributed by atoms with Crippen LogP contribution in [0, 0.1) is 0 Å². The predicted molar refractivity (Wildman–Crippen MR) is 73.9 cm³/mol. The maximum absolute atomic E-state index is 12.0. The van der Waals surface area contributed by atoms with Gasteiger partial charge in [-0.15, -0.1) is 11.6 Å². The van der Waals surface area contributed by atoms with Crippen LogP contribution in [-0.4, -0.2) is 43.0 Å². The lowest BCUT2D eigenvalue weighted by Gasteiger charge is -2.29. The molecule has 1 aromatic carbocycles. The Morgan fingerprint density at radius 1 is 1.32 bits per heavy atom. The van der Waals surface area contributed by atoms with Gasteiger partial charge in [0.25, 0.3) is 5.91 Å². The molecule has 1 aromatic rings. The van der Waals surface area contributed by atoms with Gasteiger partial charge in [-0.3, -0.25) is 4.79 Å². The number of para-hydroxylation sites is 2. The second-order valence-corrected chi connectivity index (χ2v) is 5.11. The molecule has 1 aliphatic rings. The van der Waals surface area contributed by atoms with Crippen molar-refractivity contribution in [2.75, 3.05) is 26.8 Å². The predicted octanol–water partition coefficient (Wildman–Crippen LogP) is 2.30. The number of amides is 1. The Morgan fingerprint density at radius 2 is 1.95 bits per heavy atom. The number of alkyl halides is 1. The summed E-state index contributed by atoms with van der Waals surface area (Å²) in [6.07, 6.45) is 1.70. The molecule has 0 unspecified atom stereocenters. The van der Waals surface area contributed by atoms with Gasteiger partial charge in [-0.25, -0.2) is 0 Å². The molecule has 0 radical (unpaired) electrons. The van der Waals surface area contributed by atoms with E-state index in [-0.39, 0.29) is 17.9 Å². The topological polar surface area (TPSA) is 38.8 Å². The Bertz CT molecular complexity index is 430. The second-order valence-electron chi connectivity index (χ2n) is 4.49. The average molecular weight is 284 g/mol. The second kappa shape index (κ2) is 6.66. The number of benzene rings is 1. The van der Waals surface area contributed by atoms with Crippen LogP contribution in [-0.2, 0) is 4.79 Å². The molecule has 19 heavy (non-hydrogen) atoms. The number of methoxy groups -OCH3 is 1. The number of nitrogens with zero attached hydrogens (tertiary/aromatic N) is 1. The van der Waals surface area contributed by atoms with Crippen LogP contribution < -0.4 is 9.47 Å². The van der Waals surface area contributed by atoms with Crippen LogP contribution in [0.3, 0.4) is 0 Å². The van der Waals surface area contributed by atoms with Crippen molar-refractivity contribution in [3.63, 3.8) is 0 Å². The van der Waals surface area contributed by atoms with Gasteiger partial charge >= 0.3 is 0 Å². The van der Waals surface area contributed by atoms with Crippen LogP contribution in [0.25, 0.3) is 0 Å². The maximum Gasteiger partial charge on any atom is 0.260 e. The fraction of sp³-hybridized carbons (Fsp3) is 0.500. The minimum atomic E-state index is -0.00512. The summed E-state index contributed by atoms with van der Waals surface area (Å²) in [6, 6.07) is 7.30. The Labute approximate surface area is 118 Å². The van der Waals surface area contributed by atoms with E-state index in [4.69, 9.17) is 21.1 Å². The van der Waals surface area contributed by atoms with Crippen molar-refractivity contribution in [1.82, 2.24) is 4.90 Å². The number of likely N-dealkylation sites (tertiary alicyclic amines) is 1. The van der Waals surface area contributed by atoms with Gasteiger partial charge in [0.15, 0.2) is 18.1 Å². The molecule has 0 bridgehead atoms. The van der Waals surface area contributed by atoms with Crippen LogP contribution in [0.1, 0.15) is 12.8 Å². The van der Waals surface area contributed by atoms with E-state index in [0.29, 0.717) is 24.6 Å². The van der Waals surface area contributed by atoms with Crippen LogP contribution in [0.15, 0.2) is 24.3 Å². The number of hydrogen-bond acceptors (Lipinski definition) is 3. The highest BCUT2D eigenvalue weighted by molar-refractivity contribution is 6.20. The zero-order valence-corrected chi connectivity index (χ0v) is 11.7. The van der Waals surface area contributed by atoms with Gasteiger partial charge < -0.3 is 14.4 Å². The number of piperidine rings is 1. The zero-order chi connectivity index (χ0) is 13.7. The van der Waals surface area contributed by atoms with Crippen LogP contribution in [0.2, 0.25) is 0 Å². The average Bonchev–Trinajstić information content (AvgIpc) is 2.45.